The number of hydrogen-bond acceptors (Lipinski definition) is 5. The van der Waals surface area contributed by atoms with Gasteiger partial charge in [0.25, 0.3) is 0 Å². The van der Waals surface area contributed by atoms with Crippen LogP contribution in [0.1, 0.15) is 12.8 Å². The number of hydrogen-bond donors (Lipinski definition) is 2. The van der Waals surface area contributed by atoms with Crippen molar-refractivity contribution in [1.29, 1.82) is 0 Å². The summed E-state index contributed by atoms with van der Waals surface area (Å²) in [7, 11) is 3.41. The zero-order valence-electron chi connectivity index (χ0n) is 15.4. The largest absolute Gasteiger partial charge is 0.382 e. The highest BCUT2D eigenvalue weighted by molar-refractivity contribution is 14.0. The van der Waals surface area contributed by atoms with Gasteiger partial charge >= 0.3 is 0 Å². The maximum Gasteiger partial charge on any atom is 0.191 e. The number of aliphatic imine (C=N–C) groups is 1. The average molecular weight is 481 g/mol. The Balaban J connectivity index is 0.00000338. The molecule has 2 rings (SSSR count). The third kappa shape index (κ3) is 7.58. The van der Waals surface area contributed by atoms with Crippen LogP contribution in [0, 0.1) is 5.82 Å². The molecule has 0 aliphatic carbocycles. The lowest BCUT2D eigenvalue weighted by Crippen LogP contribution is -2.45. The maximum atomic E-state index is 13.8. The summed E-state index contributed by atoms with van der Waals surface area (Å²) in [5, 5.41) is 6.65. The van der Waals surface area contributed by atoms with Gasteiger partial charge in [-0.1, -0.05) is 0 Å². The number of methoxy groups -OCH3 is 1. The van der Waals surface area contributed by atoms with Crippen LogP contribution in [0.4, 0.5) is 10.2 Å². The first kappa shape index (κ1) is 22.8. The highest BCUT2D eigenvalue weighted by atomic mass is 127. The second-order valence-corrected chi connectivity index (χ2v) is 5.84. The fraction of sp³-hybridized carbons (Fsp3) is 0.647. The Morgan fingerprint density at radius 3 is 3.00 bits per heavy atom. The molecular formula is C17H29FIN5O2. The van der Waals surface area contributed by atoms with Gasteiger partial charge in [-0.25, -0.2) is 9.37 Å². The third-order valence-electron chi connectivity index (χ3n) is 3.98. The maximum absolute atomic E-state index is 13.8. The van der Waals surface area contributed by atoms with Crippen LogP contribution in [0.3, 0.4) is 0 Å². The van der Waals surface area contributed by atoms with Gasteiger partial charge in [0.1, 0.15) is 0 Å². The van der Waals surface area contributed by atoms with Crippen molar-refractivity contribution in [2.75, 3.05) is 58.5 Å². The van der Waals surface area contributed by atoms with E-state index in [1.54, 1.807) is 26.4 Å². The number of nitrogens with zero attached hydrogens (tertiary/aromatic N) is 3. The number of aromatic nitrogens is 1. The molecule has 1 aliphatic rings. The SMILES string of the molecule is CN=C(NCCCOCCOC)NC1CCN(c2ncccc2F)C1.I. The molecule has 2 N–H and O–H groups in total. The highest BCUT2D eigenvalue weighted by Gasteiger charge is 2.25. The van der Waals surface area contributed by atoms with Crippen molar-refractivity contribution in [3.63, 3.8) is 0 Å². The van der Waals surface area contributed by atoms with E-state index in [9.17, 15) is 4.39 Å². The van der Waals surface area contributed by atoms with Crippen LogP contribution in [-0.4, -0.2) is 70.6 Å². The second kappa shape index (κ2) is 13.0. The van der Waals surface area contributed by atoms with Gasteiger partial charge in [0, 0.05) is 52.6 Å². The predicted molar refractivity (Wildman–Crippen MR) is 112 cm³/mol. The molecule has 0 radical (unpaired) electrons. The first-order valence-electron chi connectivity index (χ1n) is 8.64. The van der Waals surface area contributed by atoms with Gasteiger partial charge < -0.3 is 25.0 Å². The minimum Gasteiger partial charge on any atom is -0.382 e. The second-order valence-electron chi connectivity index (χ2n) is 5.84. The average Bonchev–Trinajstić information content (AvgIpc) is 3.08. The van der Waals surface area contributed by atoms with E-state index in [0.717, 1.165) is 31.9 Å². The number of rotatable bonds is 9. The normalized spacial score (nSPS) is 17.1. The number of guanidine groups is 1. The lowest BCUT2D eigenvalue weighted by atomic mass is 10.3. The molecule has 1 atom stereocenters. The highest BCUT2D eigenvalue weighted by Crippen LogP contribution is 2.20. The zero-order valence-corrected chi connectivity index (χ0v) is 17.7. The molecule has 1 unspecified atom stereocenters. The molecule has 148 valence electrons. The minimum atomic E-state index is -0.279. The summed E-state index contributed by atoms with van der Waals surface area (Å²) in [5.74, 6) is 0.896. The number of pyridine rings is 1. The smallest absolute Gasteiger partial charge is 0.191 e. The van der Waals surface area contributed by atoms with Gasteiger partial charge in [0.05, 0.1) is 13.2 Å². The summed E-state index contributed by atoms with van der Waals surface area (Å²) in [6.45, 7) is 4.17. The summed E-state index contributed by atoms with van der Waals surface area (Å²) >= 11 is 0. The van der Waals surface area contributed by atoms with Crippen molar-refractivity contribution in [2.24, 2.45) is 4.99 Å². The number of ether oxygens (including phenoxy) is 2. The first-order valence-corrected chi connectivity index (χ1v) is 8.64. The molecule has 0 spiro atoms. The Hall–Kier alpha value is -1.20. The van der Waals surface area contributed by atoms with Crippen LogP contribution < -0.4 is 15.5 Å². The number of nitrogens with one attached hydrogen (secondary N) is 2. The van der Waals surface area contributed by atoms with E-state index in [2.05, 4.69) is 20.6 Å². The monoisotopic (exact) mass is 481 g/mol. The molecule has 0 amide bonds. The lowest BCUT2D eigenvalue weighted by Gasteiger charge is -2.20. The van der Waals surface area contributed by atoms with Gasteiger partial charge in [-0.05, 0) is 25.0 Å². The van der Waals surface area contributed by atoms with Crippen LogP contribution >= 0.6 is 24.0 Å². The van der Waals surface area contributed by atoms with Gasteiger partial charge in [0.2, 0.25) is 0 Å². The van der Waals surface area contributed by atoms with E-state index in [-0.39, 0.29) is 35.8 Å². The van der Waals surface area contributed by atoms with E-state index in [0.29, 0.717) is 32.2 Å². The molecule has 0 saturated carbocycles. The van der Waals surface area contributed by atoms with Crippen molar-refractivity contribution in [3.05, 3.63) is 24.1 Å². The molecule has 7 nitrogen and oxygen atoms in total. The van der Waals surface area contributed by atoms with Gasteiger partial charge in [0.15, 0.2) is 17.6 Å². The molecule has 0 bridgehead atoms. The Kier molecular flexibility index (Phi) is 11.5. The van der Waals surface area contributed by atoms with E-state index in [4.69, 9.17) is 9.47 Å². The zero-order chi connectivity index (χ0) is 17.9. The molecule has 1 fully saturated rings. The van der Waals surface area contributed by atoms with E-state index < -0.39 is 0 Å². The molecule has 1 aromatic heterocycles. The van der Waals surface area contributed by atoms with Crippen molar-refractivity contribution in [1.82, 2.24) is 15.6 Å². The van der Waals surface area contributed by atoms with Crippen LogP contribution in [0.5, 0.6) is 0 Å². The molecule has 2 heterocycles. The topological polar surface area (TPSA) is 71.0 Å². The first-order chi connectivity index (χ1) is 12.2. The van der Waals surface area contributed by atoms with Gasteiger partial charge in [-0.15, -0.1) is 24.0 Å². The van der Waals surface area contributed by atoms with Crippen molar-refractivity contribution in [3.8, 4) is 0 Å². The fourth-order valence-corrected chi connectivity index (χ4v) is 2.69. The molecule has 0 aromatic carbocycles. The van der Waals surface area contributed by atoms with E-state index in [1.807, 2.05) is 4.90 Å². The fourth-order valence-electron chi connectivity index (χ4n) is 2.69. The predicted octanol–water partition coefficient (Wildman–Crippen LogP) is 1.64. The standard InChI is InChI=1S/C17H28FN5O2.HI/c1-19-17(21-8-4-10-25-12-11-24-2)22-14-6-9-23(13-14)16-15(18)5-3-7-20-16;/h3,5,7,14H,4,6,8-13H2,1-2H3,(H2,19,21,22);1H. The summed E-state index contributed by atoms with van der Waals surface area (Å²) in [5.41, 5.74) is 0. The molecular weight excluding hydrogens is 452 g/mol. The molecule has 9 heteroatoms. The Morgan fingerprint density at radius 2 is 2.27 bits per heavy atom. The Labute approximate surface area is 171 Å². The Bertz CT molecular complexity index is 550. The lowest BCUT2D eigenvalue weighted by molar-refractivity contribution is 0.0698. The summed E-state index contributed by atoms with van der Waals surface area (Å²) in [6.07, 6.45) is 3.42. The number of halogens is 2. The molecule has 1 aromatic rings. The van der Waals surface area contributed by atoms with Crippen LogP contribution in [-0.2, 0) is 9.47 Å². The van der Waals surface area contributed by atoms with E-state index >= 15 is 0 Å². The summed E-state index contributed by atoms with van der Waals surface area (Å²) < 4.78 is 24.2. The molecule has 1 saturated heterocycles. The minimum absolute atomic E-state index is 0. The van der Waals surface area contributed by atoms with Crippen LogP contribution in [0.15, 0.2) is 23.3 Å². The Morgan fingerprint density at radius 1 is 1.42 bits per heavy atom. The summed E-state index contributed by atoms with van der Waals surface area (Å²) in [4.78, 5) is 10.3. The van der Waals surface area contributed by atoms with E-state index in [1.165, 1.54) is 6.07 Å². The summed E-state index contributed by atoms with van der Waals surface area (Å²) in [6, 6.07) is 3.26. The van der Waals surface area contributed by atoms with Crippen molar-refractivity contribution < 1.29 is 13.9 Å². The van der Waals surface area contributed by atoms with Crippen LogP contribution in [0.2, 0.25) is 0 Å². The molecule has 26 heavy (non-hydrogen) atoms. The quantitative estimate of drug-likeness (QED) is 0.242. The van der Waals surface area contributed by atoms with Crippen molar-refractivity contribution in [2.45, 2.75) is 18.9 Å². The molecule has 1 aliphatic heterocycles. The third-order valence-corrected chi connectivity index (χ3v) is 3.98. The van der Waals surface area contributed by atoms with Gasteiger partial charge in [-0.3, -0.25) is 4.99 Å². The van der Waals surface area contributed by atoms with Crippen LogP contribution in [0.25, 0.3) is 0 Å². The van der Waals surface area contributed by atoms with Gasteiger partial charge in [-0.2, -0.15) is 0 Å². The van der Waals surface area contributed by atoms with Crippen molar-refractivity contribution >= 4 is 35.8 Å². The number of anilines is 1.